The van der Waals surface area contributed by atoms with Gasteiger partial charge in [0.2, 0.25) is 5.91 Å². The van der Waals surface area contributed by atoms with E-state index in [4.69, 9.17) is 0 Å². The highest BCUT2D eigenvalue weighted by Crippen LogP contribution is 2.31. The van der Waals surface area contributed by atoms with Crippen molar-refractivity contribution in [3.05, 3.63) is 58.1 Å². The van der Waals surface area contributed by atoms with Crippen molar-refractivity contribution in [3.8, 4) is 0 Å². The zero-order valence-corrected chi connectivity index (χ0v) is 14.6. The summed E-state index contributed by atoms with van der Waals surface area (Å²) in [6, 6.07) is 12.7. The standard InChI is InChI=1S/C18H17BrN2O2/c1-11-7-8-14(12(2)9-11)20-15-10-17(22)21(18(15)23)16-6-4-3-5-13(16)19/h3-9,15,20H,10H2,1-2H3/t15-/m1/s1. The highest BCUT2D eigenvalue weighted by Gasteiger charge is 2.40. The van der Waals surface area contributed by atoms with Crippen LogP contribution in [0.3, 0.4) is 0 Å². The van der Waals surface area contributed by atoms with Crippen LogP contribution < -0.4 is 10.2 Å². The van der Waals surface area contributed by atoms with Gasteiger partial charge in [0.05, 0.1) is 12.1 Å². The normalized spacial score (nSPS) is 17.7. The van der Waals surface area contributed by atoms with E-state index in [1.165, 1.54) is 4.90 Å². The summed E-state index contributed by atoms with van der Waals surface area (Å²) in [5, 5.41) is 3.21. The molecule has 0 unspecified atom stereocenters. The summed E-state index contributed by atoms with van der Waals surface area (Å²) >= 11 is 3.40. The lowest BCUT2D eigenvalue weighted by molar-refractivity contribution is -0.121. The number of carbonyl (C=O) groups excluding carboxylic acids is 2. The lowest BCUT2D eigenvalue weighted by Crippen LogP contribution is -2.35. The molecule has 0 aliphatic carbocycles. The van der Waals surface area contributed by atoms with Gasteiger partial charge in [-0.15, -0.1) is 0 Å². The van der Waals surface area contributed by atoms with Gasteiger partial charge in [0.15, 0.2) is 0 Å². The van der Waals surface area contributed by atoms with Gasteiger partial charge in [-0.1, -0.05) is 29.8 Å². The topological polar surface area (TPSA) is 49.4 Å². The van der Waals surface area contributed by atoms with Crippen molar-refractivity contribution in [3.63, 3.8) is 0 Å². The maximum Gasteiger partial charge on any atom is 0.256 e. The fraction of sp³-hybridized carbons (Fsp3) is 0.222. The zero-order valence-electron chi connectivity index (χ0n) is 13.0. The third kappa shape index (κ3) is 3.01. The van der Waals surface area contributed by atoms with Crippen LogP contribution in [0, 0.1) is 13.8 Å². The number of anilines is 2. The van der Waals surface area contributed by atoms with Crippen LogP contribution >= 0.6 is 15.9 Å². The third-order valence-electron chi connectivity index (χ3n) is 3.95. The number of hydrogen-bond acceptors (Lipinski definition) is 3. The van der Waals surface area contributed by atoms with E-state index in [-0.39, 0.29) is 18.2 Å². The first-order chi connectivity index (χ1) is 11.0. The number of amides is 2. The van der Waals surface area contributed by atoms with E-state index in [0.717, 1.165) is 21.3 Å². The Hall–Kier alpha value is -2.14. The second-order valence-electron chi connectivity index (χ2n) is 5.74. The second-order valence-corrected chi connectivity index (χ2v) is 6.59. The molecule has 1 N–H and O–H groups in total. The molecule has 1 heterocycles. The summed E-state index contributed by atoms with van der Waals surface area (Å²) in [7, 11) is 0. The van der Waals surface area contributed by atoms with Gasteiger partial charge in [0.25, 0.3) is 5.91 Å². The van der Waals surface area contributed by atoms with Gasteiger partial charge in [0.1, 0.15) is 6.04 Å². The zero-order chi connectivity index (χ0) is 16.6. The Bertz CT molecular complexity index is 788. The van der Waals surface area contributed by atoms with E-state index >= 15 is 0 Å². The van der Waals surface area contributed by atoms with Crippen molar-refractivity contribution in [2.45, 2.75) is 26.3 Å². The van der Waals surface area contributed by atoms with Crippen molar-refractivity contribution < 1.29 is 9.59 Å². The molecule has 1 fully saturated rings. The van der Waals surface area contributed by atoms with E-state index in [2.05, 4.69) is 27.3 Å². The molecule has 2 aromatic carbocycles. The van der Waals surface area contributed by atoms with Gasteiger partial charge >= 0.3 is 0 Å². The van der Waals surface area contributed by atoms with Gasteiger partial charge in [0, 0.05) is 10.2 Å². The van der Waals surface area contributed by atoms with Crippen molar-refractivity contribution in [2.24, 2.45) is 0 Å². The summed E-state index contributed by atoms with van der Waals surface area (Å²) in [4.78, 5) is 26.2. The predicted molar refractivity (Wildman–Crippen MR) is 94.6 cm³/mol. The first-order valence-electron chi connectivity index (χ1n) is 7.42. The van der Waals surface area contributed by atoms with E-state index in [1.54, 1.807) is 6.07 Å². The number of nitrogens with zero attached hydrogens (tertiary/aromatic N) is 1. The number of para-hydroxylation sites is 1. The Morgan fingerprint density at radius 3 is 2.57 bits per heavy atom. The fourth-order valence-corrected chi connectivity index (χ4v) is 3.26. The molecule has 5 heteroatoms. The summed E-state index contributed by atoms with van der Waals surface area (Å²) in [6.45, 7) is 4.01. The van der Waals surface area contributed by atoms with Crippen LogP contribution in [0.4, 0.5) is 11.4 Å². The van der Waals surface area contributed by atoms with E-state index in [0.29, 0.717) is 5.69 Å². The molecule has 0 radical (unpaired) electrons. The van der Waals surface area contributed by atoms with Crippen LogP contribution in [0.25, 0.3) is 0 Å². The maximum atomic E-state index is 12.7. The molecule has 1 aliphatic rings. The van der Waals surface area contributed by atoms with Gasteiger partial charge in [-0.05, 0) is 53.5 Å². The largest absolute Gasteiger partial charge is 0.373 e. The minimum absolute atomic E-state index is 0.160. The van der Waals surface area contributed by atoms with E-state index < -0.39 is 6.04 Å². The lowest BCUT2D eigenvalue weighted by atomic mass is 10.1. The maximum absolute atomic E-state index is 12.7. The number of rotatable bonds is 3. The number of benzene rings is 2. The van der Waals surface area contributed by atoms with Crippen LogP contribution in [0.15, 0.2) is 46.9 Å². The average Bonchev–Trinajstić information content (AvgIpc) is 2.77. The Kier molecular flexibility index (Phi) is 4.22. The first-order valence-corrected chi connectivity index (χ1v) is 8.22. The number of hydrogen-bond donors (Lipinski definition) is 1. The van der Waals surface area contributed by atoms with Gasteiger partial charge in [-0.25, -0.2) is 4.90 Å². The molecule has 0 bridgehead atoms. The molecular weight excluding hydrogens is 356 g/mol. The Labute approximate surface area is 143 Å². The SMILES string of the molecule is Cc1ccc(N[C@@H]2CC(=O)N(c3ccccc3Br)C2=O)c(C)c1. The number of nitrogens with one attached hydrogen (secondary N) is 1. The monoisotopic (exact) mass is 372 g/mol. The molecule has 2 amide bonds. The lowest BCUT2D eigenvalue weighted by Gasteiger charge is -2.18. The molecule has 0 aromatic heterocycles. The summed E-state index contributed by atoms with van der Waals surface area (Å²) < 4.78 is 0.730. The van der Waals surface area contributed by atoms with Crippen molar-refractivity contribution in [1.29, 1.82) is 0 Å². The molecular formula is C18H17BrN2O2. The van der Waals surface area contributed by atoms with Crippen molar-refractivity contribution in [2.75, 3.05) is 10.2 Å². The smallest absolute Gasteiger partial charge is 0.256 e. The molecule has 1 saturated heterocycles. The van der Waals surface area contributed by atoms with Crippen LogP contribution in [-0.4, -0.2) is 17.9 Å². The highest BCUT2D eigenvalue weighted by molar-refractivity contribution is 9.10. The van der Waals surface area contributed by atoms with Crippen LogP contribution in [0.2, 0.25) is 0 Å². The van der Waals surface area contributed by atoms with E-state index in [1.807, 2.05) is 44.2 Å². The van der Waals surface area contributed by atoms with Gasteiger partial charge in [-0.3, -0.25) is 9.59 Å². The molecule has 1 atom stereocenters. The van der Waals surface area contributed by atoms with Crippen LogP contribution in [0.5, 0.6) is 0 Å². The number of aryl methyl sites for hydroxylation is 2. The molecule has 4 nitrogen and oxygen atoms in total. The number of halogens is 1. The van der Waals surface area contributed by atoms with Crippen LogP contribution in [-0.2, 0) is 9.59 Å². The molecule has 1 aliphatic heterocycles. The molecule has 23 heavy (non-hydrogen) atoms. The third-order valence-corrected chi connectivity index (χ3v) is 4.62. The summed E-state index contributed by atoms with van der Waals surface area (Å²) in [5.74, 6) is -0.411. The van der Waals surface area contributed by atoms with Crippen LogP contribution in [0.1, 0.15) is 17.5 Å². The average molecular weight is 373 g/mol. The molecule has 118 valence electrons. The Morgan fingerprint density at radius 2 is 1.87 bits per heavy atom. The molecule has 0 spiro atoms. The van der Waals surface area contributed by atoms with Crippen molar-refractivity contribution >= 4 is 39.1 Å². The number of imide groups is 1. The summed E-state index contributed by atoms with van der Waals surface area (Å²) in [6.07, 6.45) is 0.160. The first kappa shape index (κ1) is 15.7. The molecule has 2 aromatic rings. The Morgan fingerprint density at radius 1 is 1.13 bits per heavy atom. The highest BCUT2D eigenvalue weighted by atomic mass is 79.9. The summed E-state index contributed by atoms with van der Waals surface area (Å²) in [5.41, 5.74) is 3.70. The minimum atomic E-state index is -0.531. The van der Waals surface area contributed by atoms with Gasteiger partial charge < -0.3 is 5.32 Å². The second kappa shape index (κ2) is 6.16. The molecule has 0 saturated carbocycles. The quantitative estimate of drug-likeness (QED) is 0.833. The Balaban J connectivity index is 1.85. The predicted octanol–water partition coefficient (Wildman–Crippen LogP) is 3.81. The minimum Gasteiger partial charge on any atom is -0.373 e. The fourth-order valence-electron chi connectivity index (χ4n) is 2.79. The van der Waals surface area contributed by atoms with Crippen molar-refractivity contribution in [1.82, 2.24) is 0 Å². The number of carbonyl (C=O) groups is 2. The van der Waals surface area contributed by atoms with E-state index in [9.17, 15) is 9.59 Å². The molecule has 3 rings (SSSR count). The van der Waals surface area contributed by atoms with Gasteiger partial charge in [-0.2, -0.15) is 0 Å².